The van der Waals surface area contributed by atoms with Crippen LogP contribution >= 0.6 is 0 Å². The average molecular weight is 768 g/mol. The fourth-order valence-corrected chi connectivity index (χ4v) is 5.96. The summed E-state index contributed by atoms with van der Waals surface area (Å²) in [4.78, 5) is 11.3. The molecule has 0 spiro atoms. The molecule has 0 fully saturated rings. The van der Waals surface area contributed by atoms with Gasteiger partial charge in [-0.05, 0) is 63.8 Å². The van der Waals surface area contributed by atoms with E-state index in [1.165, 1.54) is 12.1 Å². The van der Waals surface area contributed by atoms with Gasteiger partial charge < -0.3 is 10.0 Å². The first-order chi connectivity index (χ1) is 20.6. The van der Waals surface area contributed by atoms with Gasteiger partial charge in [0, 0.05) is 38.3 Å². The maximum atomic E-state index is 13.7. The van der Waals surface area contributed by atoms with Crippen LogP contribution in [0, 0.1) is 6.07 Å². The van der Waals surface area contributed by atoms with Gasteiger partial charge in [0.25, 0.3) is 0 Å². The molecule has 0 unspecified atom stereocenters. The Morgan fingerprint density at radius 1 is 0.795 bits per heavy atom. The van der Waals surface area contributed by atoms with Crippen LogP contribution in [0.1, 0.15) is 30.5 Å². The van der Waals surface area contributed by atoms with Gasteiger partial charge in [-0.15, -0.1) is 23.8 Å². The zero-order chi connectivity index (χ0) is 29.9. The minimum absolute atomic E-state index is 0. The number of aromatic hydroxyl groups is 1. The first-order valence-corrected chi connectivity index (χ1v) is 13.8. The van der Waals surface area contributed by atoms with E-state index in [0.29, 0.717) is 17.1 Å². The van der Waals surface area contributed by atoms with Crippen LogP contribution in [0.4, 0.5) is 30.4 Å². The number of pyridine rings is 2. The SMILES string of the molecule is CC1(C)c2ccc(-c3ccc4c(C(F)(F)F)ccc(O)c4n3)[c-]c2N(c2cc(-c3ccccc3)ccn2)c2ccccc21.[Pt]. The van der Waals surface area contributed by atoms with Gasteiger partial charge in [-0.3, -0.25) is 4.98 Å². The molecule has 44 heavy (non-hydrogen) atoms. The van der Waals surface area contributed by atoms with Gasteiger partial charge in [0.1, 0.15) is 17.1 Å². The molecule has 0 bridgehead atoms. The van der Waals surface area contributed by atoms with Crippen molar-refractivity contribution in [1.29, 1.82) is 0 Å². The number of anilines is 3. The predicted octanol–water partition coefficient (Wildman–Crippen LogP) is 9.59. The molecule has 222 valence electrons. The van der Waals surface area contributed by atoms with Crippen molar-refractivity contribution in [2.45, 2.75) is 25.4 Å². The monoisotopic (exact) mass is 767 g/mol. The summed E-state index contributed by atoms with van der Waals surface area (Å²) in [6.45, 7) is 4.32. The van der Waals surface area contributed by atoms with Crippen LogP contribution in [0.25, 0.3) is 33.3 Å². The second-order valence-electron chi connectivity index (χ2n) is 11.1. The summed E-state index contributed by atoms with van der Waals surface area (Å²) in [5.74, 6) is 0.388. The number of phenols is 1. The van der Waals surface area contributed by atoms with E-state index in [2.05, 4.69) is 54.1 Å². The molecule has 8 heteroatoms. The van der Waals surface area contributed by atoms with Crippen LogP contribution in [-0.4, -0.2) is 15.1 Å². The molecule has 7 rings (SSSR count). The van der Waals surface area contributed by atoms with E-state index in [4.69, 9.17) is 4.98 Å². The number of benzene rings is 4. The summed E-state index contributed by atoms with van der Waals surface area (Å²) in [7, 11) is 0. The first kappa shape index (κ1) is 29.6. The molecule has 6 aromatic rings. The molecule has 0 saturated heterocycles. The van der Waals surface area contributed by atoms with Crippen molar-refractivity contribution in [1.82, 2.24) is 9.97 Å². The summed E-state index contributed by atoms with van der Waals surface area (Å²) in [5, 5.41) is 10.3. The molecule has 2 aromatic heterocycles. The van der Waals surface area contributed by atoms with Gasteiger partial charge in [0.15, 0.2) is 0 Å². The molecule has 1 aliphatic rings. The molecule has 0 saturated carbocycles. The molecule has 0 radical (unpaired) electrons. The maximum absolute atomic E-state index is 13.7. The molecule has 1 aliphatic heterocycles. The fourth-order valence-electron chi connectivity index (χ4n) is 5.96. The van der Waals surface area contributed by atoms with Crippen molar-refractivity contribution in [3.05, 3.63) is 132 Å². The van der Waals surface area contributed by atoms with E-state index in [1.54, 1.807) is 6.20 Å². The van der Waals surface area contributed by atoms with Gasteiger partial charge in [-0.1, -0.05) is 80.1 Å². The molecular weight excluding hydrogens is 742 g/mol. The van der Waals surface area contributed by atoms with E-state index < -0.39 is 11.7 Å². The van der Waals surface area contributed by atoms with Crippen molar-refractivity contribution in [3.8, 4) is 28.1 Å². The van der Waals surface area contributed by atoms with E-state index in [9.17, 15) is 18.3 Å². The number of phenolic OH excluding ortho intramolecular Hbond substituents is 1. The van der Waals surface area contributed by atoms with E-state index >= 15 is 0 Å². The van der Waals surface area contributed by atoms with E-state index in [-0.39, 0.29) is 43.1 Å². The molecule has 0 atom stereocenters. The van der Waals surface area contributed by atoms with Gasteiger partial charge in [-0.25, -0.2) is 4.98 Å². The van der Waals surface area contributed by atoms with E-state index in [1.807, 2.05) is 54.6 Å². The molecule has 4 nitrogen and oxygen atoms in total. The standard InChI is InChI=1S/C36H25F3N3O.Pt/c1-35(2)27-10-6-7-11-30(27)42(33-21-23(18-19-40-33)22-8-4-3-5-9-22)31-20-24(12-14-28(31)35)29-16-13-25-26(36(37,38)39)15-17-32(43)34(25)41-29;/h3-19,21,43H,1-2H3;/q-1;. The second-order valence-corrected chi connectivity index (χ2v) is 11.1. The number of fused-ring (bicyclic) bond motifs is 3. The Kier molecular flexibility index (Phi) is 7.33. The summed E-state index contributed by atoms with van der Waals surface area (Å²) >= 11 is 0. The van der Waals surface area contributed by atoms with Crippen LogP contribution in [0.3, 0.4) is 0 Å². The Balaban J connectivity index is 0.00000343. The third kappa shape index (κ3) is 4.85. The minimum Gasteiger partial charge on any atom is -0.506 e. The minimum atomic E-state index is -4.58. The predicted molar refractivity (Wildman–Crippen MR) is 163 cm³/mol. The van der Waals surface area contributed by atoms with Crippen molar-refractivity contribution >= 4 is 28.1 Å². The summed E-state index contributed by atoms with van der Waals surface area (Å²) in [5.41, 5.74) is 5.61. The van der Waals surface area contributed by atoms with Crippen molar-refractivity contribution in [3.63, 3.8) is 0 Å². The summed E-state index contributed by atoms with van der Waals surface area (Å²) in [6.07, 6.45) is -2.79. The zero-order valence-corrected chi connectivity index (χ0v) is 25.9. The Hall–Kier alpha value is -4.48. The summed E-state index contributed by atoms with van der Waals surface area (Å²) in [6, 6.07) is 34.5. The molecule has 0 aliphatic carbocycles. The Labute approximate surface area is 267 Å². The number of hydrogen-bond donors (Lipinski definition) is 1. The third-order valence-corrected chi connectivity index (χ3v) is 8.14. The first-order valence-electron chi connectivity index (χ1n) is 13.8. The number of hydrogen-bond acceptors (Lipinski definition) is 4. The van der Waals surface area contributed by atoms with Crippen LogP contribution in [0.5, 0.6) is 5.75 Å². The number of rotatable bonds is 3. The number of nitrogens with zero attached hydrogens (tertiary/aromatic N) is 3. The molecule has 4 aromatic carbocycles. The van der Waals surface area contributed by atoms with Crippen LogP contribution in [0.2, 0.25) is 0 Å². The van der Waals surface area contributed by atoms with Gasteiger partial charge >= 0.3 is 6.18 Å². The van der Waals surface area contributed by atoms with Gasteiger partial charge in [0.2, 0.25) is 0 Å². The topological polar surface area (TPSA) is 49.3 Å². The average Bonchev–Trinajstić information content (AvgIpc) is 3.01. The second kappa shape index (κ2) is 10.9. The molecular formula is C36H25F3N3OPt-. The quantitative estimate of drug-likeness (QED) is 0.182. The third-order valence-electron chi connectivity index (χ3n) is 8.14. The van der Waals surface area contributed by atoms with Crippen LogP contribution < -0.4 is 4.90 Å². The maximum Gasteiger partial charge on any atom is 0.417 e. The van der Waals surface area contributed by atoms with Crippen molar-refractivity contribution in [2.24, 2.45) is 0 Å². The Morgan fingerprint density at radius 2 is 1.55 bits per heavy atom. The van der Waals surface area contributed by atoms with Gasteiger partial charge in [0.05, 0.1) is 5.56 Å². The number of aromatic nitrogens is 2. The Bertz CT molecular complexity index is 2030. The van der Waals surface area contributed by atoms with Gasteiger partial charge in [-0.2, -0.15) is 13.2 Å². The zero-order valence-electron chi connectivity index (χ0n) is 23.6. The summed E-state index contributed by atoms with van der Waals surface area (Å²) < 4.78 is 41.0. The fraction of sp³-hybridized carbons (Fsp3) is 0.111. The van der Waals surface area contributed by atoms with Crippen molar-refractivity contribution in [2.75, 3.05) is 4.90 Å². The number of halogens is 3. The molecule has 3 heterocycles. The molecule has 0 amide bonds. The van der Waals surface area contributed by atoms with E-state index in [0.717, 1.165) is 45.8 Å². The Morgan fingerprint density at radius 3 is 2.32 bits per heavy atom. The largest absolute Gasteiger partial charge is 0.506 e. The number of alkyl halides is 3. The van der Waals surface area contributed by atoms with Crippen molar-refractivity contribution < 1.29 is 39.3 Å². The van der Waals surface area contributed by atoms with Crippen LogP contribution in [-0.2, 0) is 32.7 Å². The van der Waals surface area contributed by atoms with Crippen LogP contribution in [0.15, 0.2) is 109 Å². The smallest absolute Gasteiger partial charge is 0.417 e. The molecule has 1 N–H and O–H groups in total. The number of para-hydroxylation sites is 1. The normalized spacial score (nSPS) is 13.6.